The molecule has 10 heteroatoms. The number of benzene rings is 1. The summed E-state index contributed by atoms with van der Waals surface area (Å²) in [7, 11) is 1.95. The number of hydrogen-bond donors (Lipinski definition) is 2. The average Bonchev–Trinajstić information content (AvgIpc) is 3.66. The molecule has 0 bridgehead atoms. The van der Waals surface area contributed by atoms with E-state index in [4.69, 9.17) is 0 Å². The van der Waals surface area contributed by atoms with Crippen LogP contribution >= 0.6 is 0 Å². The van der Waals surface area contributed by atoms with Gasteiger partial charge in [0.05, 0.1) is 29.2 Å². The van der Waals surface area contributed by atoms with E-state index in [9.17, 15) is 13.6 Å². The minimum absolute atomic E-state index is 0.235. The summed E-state index contributed by atoms with van der Waals surface area (Å²) in [4.78, 5) is 30.0. The highest BCUT2D eigenvalue weighted by atomic mass is 19.3. The van der Waals surface area contributed by atoms with Crippen molar-refractivity contribution in [1.82, 2.24) is 24.9 Å². The maximum atomic E-state index is 13.6. The number of hydrazine groups is 1. The molecule has 1 aliphatic carbocycles. The minimum Gasteiger partial charge on any atom is -0.325 e. The molecule has 1 aliphatic rings. The monoisotopic (exact) mass is 481 g/mol. The smallest absolute Gasteiger partial charge is 0.288 e. The first-order chi connectivity index (χ1) is 16.4. The Hall–Kier alpha value is -3.53. The zero-order chi connectivity index (χ0) is 25.4. The summed E-state index contributed by atoms with van der Waals surface area (Å²) in [5, 5.41) is 4.95. The lowest BCUT2D eigenvalue weighted by molar-refractivity contribution is -0.120. The molecule has 1 amide bonds. The third-order valence-corrected chi connectivity index (χ3v) is 6.09. The maximum Gasteiger partial charge on any atom is 0.288 e. The van der Waals surface area contributed by atoms with Crippen LogP contribution in [0.4, 0.5) is 20.4 Å². The number of carbonyl (C=O) groups excluding carboxylic acids is 1. The number of aryl methyl sites for hydroxylation is 1. The molecule has 35 heavy (non-hydrogen) atoms. The Morgan fingerprint density at radius 2 is 1.83 bits per heavy atom. The number of nitrogens with zero attached hydrogens (tertiary/aromatic N) is 5. The van der Waals surface area contributed by atoms with E-state index in [0.717, 1.165) is 31.5 Å². The van der Waals surface area contributed by atoms with E-state index in [1.165, 1.54) is 6.20 Å². The van der Waals surface area contributed by atoms with E-state index in [1.54, 1.807) is 44.3 Å². The number of aromatic nitrogens is 4. The van der Waals surface area contributed by atoms with Crippen molar-refractivity contribution in [2.24, 2.45) is 0 Å². The molecule has 0 unspecified atom stereocenters. The number of anilines is 2. The number of halogens is 2. The molecular formula is C25H29F2N7O. The van der Waals surface area contributed by atoms with Crippen LogP contribution in [-0.4, -0.2) is 43.9 Å². The first-order valence-electron chi connectivity index (χ1n) is 11.4. The third kappa shape index (κ3) is 5.59. The average molecular weight is 482 g/mol. The van der Waals surface area contributed by atoms with E-state index >= 15 is 0 Å². The summed E-state index contributed by atoms with van der Waals surface area (Å²) in [5.41, 5.74) is 4.76. The Balaban J connectivity index is 1.50. The van der Waals surface area contributed by atoms with Crippen LogP contribution in [0.2, 0.25) is 0 Å². The van der Waals surface area contributed by atoms with Gasteiger partial charge in [0.15, 0.2) is 0 Å². The van der Waals surface area contributed by atoms with Gasteiger partial charge in [0.1, 0.15) is 5.69 Å². The molecule has 2 N–H and O–H groups in total. The number of nitrogens with one attached hydrogen (secondary N) is 2. The molecule has 4 rings (SSSR count). The Morgan fingerprint density at radius 3 is 2.49 bits per heavy atom. The predicted octanol–water partition coefficient (Wildman–Crippen LogP) is 4.69. The predicted molar refractivity (Wildman–Crippen MR) is 130 cm³/mol. The molecule has 1 fully saturated rings. The van der Waals surface area contributed by atoms with Crippen LogP contribution in [-0.2, 0) is 16.1 Å². The van der Waals surface area contributed by atoms with E-state index in [2.05, 4.69) is 30.7 Å². The van der Waals surface area contributed by atoms with Gasteiger partial charge in [0, 0.05) is 37.5 Å². The highest BCUT2D eigenvalue weighted by Crippen LogP contribution is 2.30. The van der Waals surface area contributed by atoms with Crippen molar-refractivity contribution in [2.75, 3.05) is 17.8 Å². The Kier molecular flexibility index (Phi) is 6.50. The fraction of sp³-hybridized carbons (Fsp3) is 0.400. The molecular weight excluding hydrogens is 452 g/mol. The zero-order valence-corrected chi connectivity index (χ0v) is 20.4. The largest absolute Gasteiger partial charge is 0.325 e. The summed E-state index contributed by atoms with van der Waals surface area (Å²) >= 11 is 0. The maximum absolute atomic E-state index is 13.6. The zero-order valence-electron chi connectivity index (χ0n) is 20.4. The molecule has 184 valence electrons. The van der Waals surface area contributed by atoms with E-state index < -0.39 is 17.0 Å². The summed E-state index contributed by atoms with van der Waals surface area (Å²) in [6.07, 6.45) is 6.41. The van der Waals surface area contributed by atoms with Gasteiger partial charge in [-0.2, -0.15) is 8.78 Å². The van der Waals surface area contributed by atoms with Crippen LogP contribution in [0, 0.1) is 6.92 Å². The summed E-state index contributed by atoms with van der Waals surface area (Å²) in [6.45, 7) is 6.22. The van der Waals surface area contributed by atoms with Crippen molar-refractivity contribution in [3.8, 4) is 11.3 Å². The Bertz CT molecular complexity index is 1240. The molecule has 8 nitrogen and oxygen atoms in total. The fourth-order valence-electron chi connectivity index (χ4n) is 3.55. The Labute approximate surface area is 203 Å². The van der Waals surface area contributed by atoms with Crippen LogP contribution in [0.1, 0.15) is 50.6 Å². The molecule has 3 aromatic rings. The van der Waals surface area contributed by atoms with E-state index in [1.807, 2.05) is 19.0 Å². The topological polar surface area (TPSA) is 95.9 Å². The van der Waals surface area contributed by atoms with Gasteiger partial charge in [0.2, 0.25) is 11.9 Å². The second-order valence-electron chi connectivity index (χ2n) is 9.51. The fourth-order valence-corrected chi connectivity index (χ4v) is 3.55. The molecule has 0 atom stereocenters. The second-order valence-corrected chi connectivity index (χ2v) is 9.51. The summed E-state index contributed by atoms with van der Waals surface area (Å²) in [6, 6.07) is 7.45. The molecule has 0 radical (unpaired) electrons. The number of hydrogen-bond acceptors (Lipinski definition) is 7. The molecule has 2 heterocycles. The van der Waals surface area contributed by atoms with Gasteiger partial charge in [-0.3, -0.25) is 15.2 Å². The summed E-state index contributed by atoms with van der Waals surface area (Å²) in [5.74, 6) is -2.87. The second kappa shape index (κ2) is 9.26. The quantitative estimate of drug-likeness (QED) is 0.451. The highest BCUT2D eigenvalue weighted by molar-refractivity contribution is 5.99. The third-order valence-electron chi connectivity index (χ3n) is 6.09. The minimum atomic E-state index is -3.08. The summed E-state index contributed by atoms with van der Waals surface area (Å²) < 4.78 is 27.3. The van der Waals surface area contributed by atoms with Gasteiger partial charge in [-0.05, 0) is 57.4 Å². The number of carbonyl (C=O) groups is 1. The van der Waals surface area contributed by atoms with Crippen molar-refractivity contribution in [2.45, 2.75) is 57.9 Å². The van der Waals surface area contributed by atoms with E-state index in [0.29, 0.717) is 34.6 Å². The molecule has 0 saturated heterocycles. The first-order valence-corrected chi connectivity index (χ1v) is 11.4. The standard InChI is InChI=1S/C25H29F2N7O/c1-15-12-16(19-13-28-14-21(30-19)25(4,26)27)6-9-18(15)31-22(35)24(2,3)20-10-11-29-23(32-20)33-34(5)17-7-8-17/h6,9-14,17H,7-8H2,1-5H3,(H,31,35)(H,29,32,33). The van der Waals surface area contributed by atoms with Crippen molar-refractivity contribution >= 4 is 17.5 Å². The lowest BCUT2D eigenvalue weighted by atomic mass is 9.87. The molecule has 0 aliphatic heterocycles. The van der Waals surface area contributed by atoms with Crippen LogP contribution in [0.3, 0.4) is 0 Å². The van der Waals surface area contributed by atoms with Crippen molar-refractivity contribution in [3.63, 3.8) is 0 Å². The number of alkyl halides is 2. The van der Waals surface area contributed by atoms with Crippen molar-refractivity contribution in [1.29, 1.82) is 0 Å². The normalized spacial score (nSPS) is 14.2. The van der Waals surface area contributed by atoms with Crippen LogP contribution < -0.4 is 10.7 Å². The van der Waals surface area contributed by atoms with Gasteiger partial charge in [0.25, 0.3) is 5.92 Å². The molecule has 2 aromatic heterocycles. The molecule has 1 aromatic carbocycles. The SMILES string of the molecule is Cc1cc(-c2cncc(C(C)(F)F)n2)ccc1NC(=O)C(C)(C)c1ccnc(NN(C)C2CC2)n1. The highest BCUT2D eigenvalue weighted by Gasteiger charge is 2.33. The lowest BCUT2D eigenvalue weighted by Crippen LogP contribution is -2.36. The lowest BCUT2D eigenvalue weighted by Gasteiger charge is -2.25. The van der Waals surface area contributed by atoms with Crippen LogP contribution in [0.15, 0.2) is 42.9 Å². The van der Waals surface area contributed by atoms with Gasteiger partial charge in [-0.1, -0.05) is 6.07 Å². The molecule has 1 saturated carbocycles. The van der Waals surface area contributed by atoms with Gasteiger partial charge < -0.3 is 5.32 Å². The molecule has 0 spiro atoms. The van der Waals surface area contributed by atoms with Crippen molar-refractivity contribution < 1.29 is 13.6 Å². The first kappa shape index (κ1) is 24.6. The Morgan fingerprint density at radius 1 is 1.09 bits per heavy atom. The van der Waals surface area contributed by atoms with Gasteiger partial charge in [-0.25, -0.2) is 20.0 Å². The van der Waals surface area contributed by atoms with Crippen LogP contribution in [0.25, 0.3) is 11.3 Å². The number of amides is 1. The van der Waals surface area contributed by atoms with Crippen molar-refractivity contribution in [3.05, 3.63) is 59.8 Å². The van der Waals surface area contributed by atoms with Gasteiger partial charge >= 0.3 is 0 Å². The number of rotatable bonds is 8. The van der Waals surface area contributed by atoms with Gasteiger partial charge in [-0.15, -0.1) is 0 Å². The van der Waals surface area contributed by atoms with Crippen LogP contribution in [0.5, 0.6) is 0 Å². The van der Waals surface area contributed by atoms with E-state index in [-0.39, 0.29) is 5.91 Å².